The second kappa shape index (κ2) is 6.30. The van der Waals surface area contributed by atoms with Crippen molar-refractivity contribution in [3.8, 4) is 0 Å². The van der Waals surface area contributed by atoms with Gasteiger partial charge in [0.25, 0.3) is 5.91 Å². The molecule has 2 aliphatic rings. The summed E-state index contributed by atoms with van der Waals surface area (Å²) < 4.78 is 6.05. The summed E-state index contributed by atoms with van der Waals surface area (Å²) in [5, 5.41) is 3.56. The van der Waals surface area contributed by atoms with Crippen LogP contribution in [0.15, 0.2) is 29.2 Å². The summed E-state index contributed by atoms with van der Waals surface area (Å²) >= 11 is 0. The molecular weight excluding hydrogens is 316 g/mol. The standard InChI is InChI=1S/C20H24N2O3/c1-13-6-5-7-15-17(13)21-11-16(18(15)23)19(24)22-14-10-20(25-12-14)8-3-2-4-9-20/h5-7,11,14H,2-4,8-10,12H2,1H3,(H,21,23)(H,22,24)/t14-/m0/s1. The molecule has 1 saturated carbocycles. The van der Waals surface area contributed by atoms with Crippen LogP contribution in [0.4, 0.5) is 0 Å². The molecule has 25 heavy (non-hydrogen) atoms. The quantitative estimate of drug-likeness (QED) is 0.883. The maximum atomic E-state index is 12.7. The Labute approximate surface area is 146 Å². The third-order valence-electron chi connectivity index (χ3n) is 5.68. The normalized spacial score (nSPS) is 22.4. The highest BCUT2D eigenvalue weighted by Crippen LogP contribution is 2.39. The van der Waals surface area contributed by atoms with Crippen molar-refractivity contribution in [2.45, 2.75) is 57.1 Å². The molecule has 2 fully saturated rings. The number of fused-ring (bicyclic) bond motifs is 1. The Morgan fingerprint density at radius 3 is 2.88 bits per heavy atom. The van der Waals surface area contributed by atoms with Gasteiger partial charge in [-0.25, -0.2) is 0 Å². The van der Waals surface area contributed by atoms with Crippen LogP contribution in [0.25, 0.3) is 10.9 Å². The zero-order valence-electron chi connectivity index (χ0n) is 14.6. The van der Waals surface area contributed by atoms with Gasteiger partial charge in [0.15, 0.2) is 0 Å². The third kappa shape index (κ3) is 2.97. The number of benzene rings is 1. The van der Waals surface area contributed by atoms with Crippen LogP contribution < -0.4 is 10.7 Å². The molecular formula is C20H24N2O3. The molecule has 2 heterocycles. The van der Waals surface area contributed by atoms with E-state index in [9.17, 15) is 9.59 Å². The Hall–Kier alpha value is -2.14. The van der Waals surface area contributed by atoms with Crippen LogP contribution in [0.3, 0.4) is 0 Å². The summed E-state index contributed by atoms with van der Waals surface area (Å²) in [6, 6.07) is 5.52. The van der Waals surface area contributed by atoms with E-state index < -0.39 is 0 Å². The van der Waals surface area contributed by atoms with Gasteiger partial charge in [0.2, 0.25) is 5.43 Å². The number of pyridine rings is 1. The molecule has 5 nitrogen and oxygen atoms in total. The maximum Gasteiger partial charge on any atom is 0.257 e. The number of aryl methyl sites for hydroxylation is 1. The molecule has 1 saturated heterocycles. The fraction of sp³-hybridized carbons (Fsp3) is 0.500. The number of H-pyrrole nitrogens is 1. The first-order valence-corrected chi connectivity index (χ1v) is 9.14. The van der Waals surface area contributed by atoms with E-state index >= 15 is 0 Å². The van der Waals surface area contributed by atoms with Crippen molar-refractivity contribution in [3.05, 3.63) is 45.7 Å². The minimum atomic E-state index is -0.314. The van der Waals surface area contributed by atoms with Crippen molar-refractivity contribution < 1.29 is 9.53 Å². The highest BCUT2D eigenvalue weighted by Gasteiger charge is 2.41. The number of aromatic nitrogens is 1. The molecule has 1 spiro atoms. The Kier molecular flexibility index (Phi) is 4.12. The lowest BCUT2D eigenvalue weighted by atomic mass is 9.82. The molecule has 2 N–H and O–H groups in total. The number of carbonyl (C=O) groups excluding carboxylic acids is 1. The first-order chi connectivity index (χ1) is 12.1. The topological polar surface area (TPSA) is 71.2 Å². The molecule has 0 unspecified atom stereocenters. The summed E-state index contributed by atoms with van der Waals surface area (Å²) in [5.41, 5.74) is 1.67. The Morgan fingerprint density at radius 2 is 2.08 bits per heavy atom. The van der Waals surface area contributed by atoms with E-state index in [1.54, 1.807) is 6.07 Å². The predicted molar refractivity (Wildman–Crippen MR) is 96.9 cm³/mol. The lowest BCUT2D eigenvalue weighted by Crippen LogP contribution is -2.39. The van der Waals surface area contributed by atoms with Crippen LogP contribution in [0.2, 0.25) is 0 Å². The molecule has 132 valence electrons. The molecule has 1 amide bonds. The van der Waals surface area contributed by atoms with Gasteiger partial charge in [0.1, 0.15) is 5.56 Å². The van der Waals surface area contributed by atoms with Crippen molar-refractivity contribution in [1.29, 1.82) is 0 Å². The summed E-state index contributed by atoms with van der Waals surface area (Å²) in [6.45, 7) is 2.48. The van der Waals surface area contributed by atoms with Crippen LogP contribution >= 0.6 is 0 Å². The van der Waals surface area contributed by atoms with Crippen molar-refractivity contribution in [2.24, 2.45) is 0 Å². The molecule has 1 aromatic carbocycles. The van der Waals surface area contributed by atoms with Crippen molar-refractivity contribution >= 4 is 16.8 Å². The van der Waals surface area contributed by atoms with Crippen LogP contribution in [0.1, 0.15) is 54.4 Å². The van der Waals surface area contributed by atoms with Crippen LogP contribution in [0, 0.1) is 6.92 Å². The SMILES string of the molecule is Cc1cccc2c(=O)c(C(=O)N[C@@H]3COC4(CCCCC4)C3)c[nH]c12. The summed E-state index contributed by atoms with van der Waals surface area (Å²) in [4.78, 5) is 28.4. The number of nitrogens with one attached hydrogen (secondary N) is 2. The van der Waals surface area contributed by atoms with E-state index in [1.807, 2.05) is 19.1 Å². The van der Waals surface area contributed by atoms with E-state index in [0.29, 0.717) is 12.0 Å². The van der Waals surface area contributed by atoms with E-state index in [-0.39, 0.29) is 28.5 Å². The molecule has 2 aromatic rings. The van der Waals surface area contributed by atoms with Crippen molar-refractivity contribution in [1.82, 2.24) is 10.3 Å². The molecule has 1 atom stereocenters. The molecule has 5 heteroatoms. The zero-order chi connectivity index (χ0) is 17.4. The first-order valence-electron chi connectivity index (χ1n) is 9.14. The monoisotopic (exact) mass is 340 g/mol. The molecule has 1 aromatic heterocycles. The Morgan fingerprint density at radius 1 is 1.28 bits per heavy atom. The van der Waals surface area contributed by atoms with Gasteiger partial charge in [-0.15, -0.1) is 0 Å². The number of aromatic amines is 1. The van der Waals surface area contributed by atoms with E-state index in [2.05, 4.69) is 10.3 Å². The second-order valence-corrected chi connectivity index (χ2v) is 7.46. The number of carbonyl (C=O) groups is 1. The highest BCUT2D eigenvalue weighted by atomic mass is 16.5. The number of hydrogen-bond acceptors (Lipinski definition) is 3. The average molecular weight is 340 g/mol. The van der Waals surface area contributed by atoms with Gasteiger partial charge < -0.3 is 15.0 Å². The van der Waals surface area contributed by atoms with Gasteiger partial charge in [-0.2, -0.15) is 0 Å². The number of hydrogen-bond donors (Lipinski definition) is 2. The van der Waals surface area contributed by atoms with E-state index in [0.717, 1.165) is 30.3 Å². The fourth-order valence-corrected chi connectivity index (χ4v) is 4.32. The number of ether oxygens (including phenoxy) is 1. The lowest BCUT2D eigenvalue weighted by molar-refractivity contribution is -0.0246. The summed E-state index contributed by atoms with van der Waals surface area (Å²) in [7, 11) is 0. The van der Waals surface area contributed by atoms with Gasteiger partial charge in [-0.05, 0) is 37.8 Å². The van der Waals surface area contributed by atoms with Gasteiger partial charge in [-0.3, -0.25) is 9.59 Å². The Bertz CT molecular complexity index is 865. The summed E-state index contributed by atoms with van der Waals surface area (Å²) in [6.07, 6.45) is 8.20. The summed E-state index contributed by atoms with van der Waals surface area (Å²) in [5.74, 6) is -0.314. The molecule has 4 rings (SSSR count). The predicted octanol–water partition coefficient (Wildman–Crippen LogP) is 3.06. The largest absolute Gasteiger partial charge is 0.373 e. The lowest BCUT2D eigenvalue weighted by Gasteiger charge is -2.32. The zero-order valence-corrected chi connectivity index (χ0v) is 14.6. The van der Waals surface area contributed by atoms with Gasteiger partial charge in [-0.1, -0.05) is 31.4 Å². The fourth-order valence-electron chi connectivity index (χ4n) is 4.32. The van der Waals surface area contributed by atoms with E-state index in [1.165, 1.54) is 25.5 Å². The number of amides is 1. The van der Waals surface area contributed by atoms with Gasteiger partial charge in [0.05, 0.1) is 23.8 Å². The second-order valence-electron chi connectivity index (χ2n) is 7.46. The smallest absolute Gasteiger partial charge is 0.257 e. The van der Waals surface area contributed by atoms with Gasteiger partial charge >= 0.3 is 0 Å². The van der Waals surface area contributed by atoms with Crippen LogP contribution in [-0.4, -0.2) is 29.1 Å². The minimum Gasteiger partial charge on any atom is -0.373 e. The van der Waals surface area contributed by atoms with Crippen molar-refractivity contribution in [3.63, 3.8) is 0 Å². The Balaban J connectivity index is 1.53. The van der Waals surface area contributed by atoms with Crippen LogP contribution in [-0.2, 0) is 4.74 Å². The first kappa shape index (κ1) is 16.3. The number of rotatable bonds is 2. The average Bonchev–Trinajstić information content (AvgIpc) is 2.98. The highest BCUT2D eigenvalue weighted by molar-refractivity contribution is 5.97. The molecule has 0 bridgehead atoms. The molecule has 1 aliphatic heterocycles. The van der Waals surface area contributed by atoms with Crippen molar-refractivity contribution in [2.75, 3.05) is 6.61 Å². The van der Waals surface area contributed by atoms with Gasteiger partial charge in [0, 0.05) is 11.6 Å². The van der Waals surface area contributed by atoms with E-state index in [4.69, 9.17) is 4.74 Å². The molecule has 0 radical (unpaired) electrons. The van der Waals surface area contributed by atoms with Crippen LogP contribution in [0.5, 0.6) is 0 Å². The third-order valence-corrected chi connectivity index (χ3v) is 5.68. The minimum absolute atomic E-state index is 0.0155. The number of para-hydroxylation sites is 1. The maximum absolute atomic E-state index is 12.7. The molecule has 1 aliphatic carbocycles.